The Kier molecular flexibility index (Phi) is 10.3. The summed E-state index contributed by atoms with van der Waals surface area (Å²) in [7, 11) is 1.49. The number of aliphatic hydroxyl groups excluding tert-OH is 1. The molecule has 0 bridgehead atoms. The third kappa shape index (κ3) is 6.93. The molecule has 0 aliphatic heterocycles. The van der Waals surface area contributed by atoms with Crippen molar-refractivity contribution in [2.45, 2.75) is 76.0 Å². The molecule has 0 amide bonds. The van der Waals surface area contributed by atoms with Gasteiger partial charge in [0.05, 0.1) is 19.6 Å². The van der Waals surface area contributed by atoms with Crippen molar-refractivity contribution in [2.75, 3.05) is 13.7 Å². The van der Waals surface area contributed by atoms with Gasteiger partial charge in [0.2, 0.25) is 0 Å². The summed E-state index contributed by atoms with van der Waals surface area (Å²) in [6, 6.07) is 20.5. The lowest BCUT2D eigenvalue weighted by molar-refractivity contribution is -0.144. The van der Waals surface area contributed by atoms with Crippen molar-refractivity contribution in [3.05, 3.63) is 71.8 Å². The predicted octanol–water partition coefficient (Wildman–Crippen LogP) is 6.87. The van der Waals surface area contributed by atoms with Gasteiger partial charge in [-0.25, -0.2) is 0 Å². The van der Waals surface area contributed by atoms with E-state index in [1.807, 2.05) is 36.4 Å². The maximum absolute atomic E-state index is 12.0. The number of benzene rings is 2. The lowest BCUT2D eigenvalue weighted by Crippen LogP contribution is -2.24. The van der Waals surface area contributed by atoms with Crippen molar-refractivity contribution in [1.82, 2.24) is 0 Å². The third-order valence-corrected chi connectivity index (χ3v) is 7.38. The summed E-state index contributed by atoms with van der Waals surface area (Å²) < 4.78 is 4.98. The molecule has 2 fully saturated rings. The molecule has 32 heavy (non-hydrogen) atoms. The summed E-state index contributed by atoms with van der Waals surface area (Å²) in [6.07, 6.45) is 12.7. The molecule has 2 atom stereocenters. The SMILES string of the molecule is COC(=O)C(c1ccccc1)C1CCCCC1.OCC(c1ccccc1)C1CCCCC1. The fraction of sp³-hybridized carbons (Fsp3) is 0.552. The largest absolute Gasteiger partial charge is 0.469 e. The minimum atomic E-state index is -0.0805. The Morgan fingerprint density at radius 3 is 1.72 bits per heavy atom. The molecule has 0 heterocycles. The van der Waals surface area contributed by atoms with Gasteiger partial charge in [0.15, 0.2) is 0 Å². The van der Waals surface area contributed by atoms with Crippen LogP contribution >= 0.6 is 0 Å². The Balaban J connectivity index is 0.000000182. The van der Waals surface area contributed by atoms with Gasteiger partial charge in [0, 0.05) is 5.92 Å². The molecule has 2 saturated carbocycles. The van der Waals surface area contributed by atoms with Gasteiger partial charge < -0.3 is 9.84 Å². The first-order valence-electron chi connectivity index (χ1n) is 12.5. The lowest BCUT2D eigenvalue weighted by atomic mass is 9.77. The monoisotopic (exact) mass is 436 g/mol. The number of carbonyl (C=O) groups is 1. The van der Waals surface area contributed by atoms with Crippen LogP contribution in [0.1, 0.15) is 87.2 Å². The van der Waals surface area contributed by atoms with Crippen molar-refractivity contribution >= 4 is 5.97 Å². The van der Waals surface area contributed by atoms with Gasteiger partial charge in [0.1, 0.15) is 0 Å². The van der Waals surface area contributed by atoms with E-state index in [1.165, 1.54) is 64.0 Å². The minimum Gasteiger partial charge on any atom is -0.469 e. The predicted molar refractivity (Wildman–Crippen MR) is 131 cm³/mol. The van der Waals surface area contributed by atoms with Crippen molar-refractivity contribution in [3.8, 4) is 0 Å². The van der Waals surface area contributed by atoms with Crippen molar-refractivity contribution in [3.63, 3.8) is 0 Å². The Bertz CT molecular complexity index is 762. The van der Waals surface area contributed by atoms with Crippen molar-refractivity contribution < 1.29 is 14.6 Å². The lowest BCUT2D eigenvalue weighted by Gasteiger charge is -2.29. The van der Waals surface area contributed by atoms with Crippen LogP contribution in [-0.2, 0) is 9.53 Å². The maximum atomic E-state index is 12.0. The zero-order chi connectivity index (χ0) is 22.6. The Labute approximate surface area is 194 Å². The Morgan fingerprint density at radius 2 is 1.25 bits per heavy atom. The second kappa shape index (κ2) is 13.4. The van der Waals surface area contributed by atoms with E-state index in [0.717, 1.165) is 18.4 Å². The number of hydrogen-bond donors (Lipinski definition) is 1. The van der Waals surface area contributed by atoms with Gasteiger partial charge >= 0.3 is 5.97 Å². The highest BCUT2D eigenvalue weighted by Crippen LogP contribution is 2.37. The van der Waals surface area contributed by atoms with E-state index in [-0.39, 0.29) is 11.9 Å². The number of methoxy groups -OCH3 is 1. The molecule has 1 N–H and O–H groups in total. The maximum Gasteiger partial charge on any atom is 0.313 e. The molecule has 3 nitrogen and oxygen atoms in total. The Hall–Kier alpha value is -2.13. The average molecular weight is 437 g/mol. The zero-order valence-corrected chi connectivity index (χ0v) is 19.6. The van der Waals surface area contributed by atoms with E-state index in [0.29, 0.717) is 24.4 Å². The number of carbonyl (C=O) groups excluding carboxylic acids is 1. The van der Waals surface area contributed by atoms with Crippen LogP contribution in [-0.4, -0.2) is 24.8 Å². The van der Waals surface area contributed by atoms with Crippen LogP contribution in [0.4, 0.5) is 0 Å². The molecule has 0 spiro atoms. The summed E-state index contributed by atoms with van der Waals surface area (Å²) in [4.78, 5) is 12.0. The molecular weight excluding hydrogens is 396 g/mol. The molecule has 2 aliphatic carbocycles. The molecule has 2 aromatic carbocycles. The normalized spacial score (nSPS) is 19.3. The van der Waals surface area contributed by atoms with Crippen LogP contribution in [0.15, 0.2) is 60.7 Å². The fourth-order valence-corrected chi connectivity index (χ4v) is 5.62. The van der Waals surface area contributed by atoms with Crippen LogP contribution in [0.5, 0.6) is 0 Å². The number of rotatable bonds is 6. The first-order chi connectivity index (χ1) is 15.7. The molecular formula is C29H40O3. The quantitative estimate of drug-likeness (QED) is 0.503. The second-order valence-corrected chi connectivity index (χ2v) is 9.41. The topological polar surface area (TPSA) is 46.5 Å². The second-order valence-electron chi connectivity index (χ2n) is 9.41. The van der Waals surface area contributed by atoms with E-state index in [4.69, 9.17) is 4.74 Å². The molecule has 2 unspecified atom stereocenters. The first-order valence-corrected chi connectivity index (χ1v) is 12.5. The summed E-state index contributed by atoms with van der Waals surface area (Å²) in [5, 5.41) is 9.53. The molecule has 2 aromatic rings. The number of aliphatic hydroxyl groups is 1. The van der Waals surface area contributed by atoms with Crippen molar-refractivity contribution in [2.24, 2.45) is 11.8 Å². The number of hydrogen-bond acceptors (Lipinski definition) is 3. The Morgan fingerprint density at radius 1 is 0.781 bits per heavy atom. The van der Waals surface area contributed by atoms with E-state index < -0.39 is 0 Å². The molecule has 0 aromatic heterocycles. The summed E-state index contributed by atoms with van der Waals surface area (Å²) in [6.45, 7) is 0.300. The van der Waals surface area contributed by atoms with Crippen LogP contribution in [0.2, 0.25) is 0 Å². The highest BCUT2D eigenvalue weighted by Gasteiger charge is 2.31. The zero-order valence-electron chi connectivity index (χ0n) is 19.6. The van der Waals surface area contributed by atoms with Gasteiger partial charge in [-0.3, -0.25) is 4.79 Å². The van der Waals surface area contributed by atoms with Crippen LogP contribution < -0.4 is 0 Å². The molecule has 0 radical (unpaired) electrons. The van der Waals surface area contributed by atoms with Gasteiger partial charge in [-0.15, -0.1) is 0 Å². The molecule has 4 rings (SSSR count). The summed E-state index contributed by atoms with van der Waals surface area (Å²) in [5.41, 5.74) is 2.41. The van der Waals surface area contributed by atoms with Gasteiger partial charge in [0.25, 0.3) is 0 Å². The van der Waals surface area contributed by atoms with E-state index in [2.05, 4.69) is 24.3 Å². The highest BCUT2D eigenvalue weighted by atomic mass is 16.5. The molecule has 2 aliphatic rings. The van der Waals surface area contributed by atoms with Crippen LogP contribution in [0, 0.1) is 11.8 Å². The van der Waals surface area contributed by atoms with Gasteiger partial charge in [-0.2, -0.15) is 0 Å². The number of ether oxygens (including phenoxy) is 1. The van der Waals surface area contributed by atoms with Gasteiger partial charge in [-0.1, -0.05) is 99.2 Å². The smallest absolute Gasteiger partial charge is 0.313 e. The van der Waals surface area contributed by atoms with Crippen LogP contribution in [0.25, 0.3) is 0 Å². The van der Waals surface area contributed by atoms with Gasteiger partial charge in [-0.05, 0) is 48.6 Å². The molecule has 3 heteroatoms. The highest BCUT2D eigenvalue weighted by molar-refractivity contribution is 5.78. The minimum absolute atomic E-state index is 0.0681. The summed E-state index contributed by atoms with van der Waals surface area (Å²) >= 11 is 0. The first kappa shape index (κ1) is 24.5. The third-order valence-electron chi connectivity index (χ3n) is 7.38. The molecule has 0 saturated heterocycles. The van der Waals surface area contributed by atoms with E-state index in [9.17, 15) is 9.90 Å². The molecule has 174 valence electrons. The number of esters is 1. The standard InChI is InChI=1S/C15H20O2.C14H20O/c1-17-15(16)14(12-8-4-2-5-9-12)13-10-6-3-7-11-13;15-11-14(12-7-3-1-4-8-12)13-9-5-2-6-10-13/h2,4-5,8-9,13-14H,3,6-7,10-11H2,1H3;1,3-4,7-8,13-15H,2,5-6,9-11H2. The van der Waals surface area contributed by atoms with E-state index in [1.54, 1.807) is 0 Å². The van der Waals surface area contributed by atoms with Crippen LogP contribution in [0.3, 0.4) is 0 Å². The summed E-state index contributed by atoms with van der Waals surface area (Å²) in [5.74, 6) is 1.38. The van der Waals surface area contributed by atoms with Crippen molar-refractivity contribution in [1.29, 1.82) is 0 Å². The van der Waals surface area contributed by atoms with E-state index >= 15 is 0 Å². The average Bonchev–Trinajstić information content (AvgIpc) is 2.88. The fourth-order valence-electron chi connectivity index (χ4n) is 5.62.